The molecule has 0 bridgehead atoms. The van der Waals surface area contributed by atoms with Gasteiger partial charge in [-0.15, -0.1) is 0 Å². The maximum absolute atomic E-state index is 12.6. The second kappa shape index (κ2) is 17.6. The molecule has 1 unspecified atom stereocenters. The van der Waals surface area contributed by atoms with Crippen molar-refractivity contribution in [1.82, 2.24) is 15.1 Å². The fourth-order valence-electron chi connectivity index (χ4n) is 6.87. The smallest absolute Gasteiger partial charge is 0.220 e. The number of ketones is 3. The third kappa shape index (κ3) is 10.3. The van der Waals surface area contributed by atoms with E-state index in [1.165, 1.54) is 6.08 Å². The van der Waals surface area contributed by atoms with Gasteiger partial charge in [0.15, 0.2) is 5.78 Å². The number of aromatic nitrogens is 2. The minimum absolute atomic E-state index is 0.0687. The monoisotopic (exact) mass is 709 g/mol. The van der Waals surface area contributed by atoms with E-state index in [1.54, 1.807) is 18.2 Å². The van der Waals surface area contributed by atoms with Crippen LogP contribution < -0.4 is 5.32 Å². The number of carbonyl (C=O) groups is 4. The molecule has 1 aliphatic heterocycles. The lowest BCUT2D eigenvalue weighted by Crippen LogP contribution is -2.28. The molecular formula is C38H45Cl2N3O4S. The second-order valence-corrected chi connectivity index (χ2v) is 15.4. The first kappa shape index (κ1) is 36.3. The number of fused-ring (bicyclic) bond motifs is 2. The van der Waals surface area contributed by atoms with Crippen molar-refractivity contribution in [2.45, 2.75) is 95.8 Å². The van der Waals surface area contributed by atoms with Crippen molar-refractivity contribution in [1.29, 1.82) is 0 Å². The fraction of sp³-hybridized carbons (Fsp3) is 0.500. The van der Waals surface area contributed by atoms with Gasteiger partial charge in [0.05, 0.1) is 24.3 Å². The SMILES string of the molecule is Cc1ccc2c(/C=C/C(=O)CNC(=O)CCCCCCC(=O)CCCCC3SC[C@@H]4CC(=O)C[C@H]34)nn(Cc3ccc(Cl)cc3Cl)c2c1. The number of thioether (sulfide) groups is 1. The molecule has 2 aromatic carbocycles. The Balaban J connectivity index is 0.949. The molecule has 0 spiro atoms. The predicted octanol–water partition coefficient (Wildman–Crippen LogP) is 8.58. The average Bonchev–Trinajstić information content (AvgIpc) is 3.72. The number of aryl methyl sites for hydroxylation is 1. The molecule has 10 heteroatoms. The standard InChI is InChI=1S/C38H45Cl2N3O4S/c1-25-12-16-32-35(42-43(36(32)18-25)23-26-13-14-28(39)20-34(26)40)17-15-30(45)22-41-38(47)11-5-3-2-4-8-29(44)9-6-7-10-37-33-21-31(46)19-27(33)24-48-37/h12-18,20,27,33,37H,2-11,19,21-24H2,1H3,(H,41,47)/b17-15+/t27-,33-,37?/m0/s1. The molecule has 1 aliphatic carbocycles. The Morgan fingerprint density at radius 1 is 0.979 bits per heavy atom. The van der Waals surface area contributed by atoms with Crippen molar-refractivity contribution >= 4 is 75.2 Å². The molecule has 1 amide bonds. The summed E-state index contributed by atoms with van der Waals surface area (Å²) < 4.78 is 1.87. The van der Waals surface area contributed by atoms with Crippen LogP contribution >= 0.6 is 35.0 Å². The van der Waals surface area contributed by atoms with Gasteiger partial charge < -0.3 is 5.32 Å². The van der Waals surface area contributed by atoms with Crippen molar-refractivity contribution < 1.29 is 19.2 Å². The van der Waals surface area contributed by atoms with E-state index < -0.39 is 0 Å². The molecule has 2 aliphatic rings. The van der Waals surface area contributed by atoms with E-state index in [0.29, 0.717) is 70.2 Å². The number of carbonyl (C=O) groups excluding carboxylic acids is 4. The fourth-order valence-corrected chi connectivity index (χ4v) is 9.09. The Hall–Kier alpha value is -2.94. The number of unbranched alkanes of at least 4 members (excludes halogenated alkanes) is 4. The van der Waals surface area contributed by atoms with Gasteiger partial charge in [0.25, 0.3) is 0 Å². The normalized spacial score (nSPS) is 19.0. The molecule has 48 heavy (non-hydrogen) atoms. The number of hydrogen-bond donors (Lipinski definition) is 1. The van der Waals surface area contributed by atoms with Crippen molar-refractivity contribution in [3.05, 3.63) is 69.3 Å². The minimum Gasteiger partial charge on any atom is -0.349 e. The highest BCUT2D eigenvalue weighted by molar-refractivity contribution is 8.00. The van der Waals surface area contributed by atoms with Crippen LogP contribution in [0.15, 0.2) is 42.5 Å². The number of Topliss-reactive ketones (excluding diaryl/α,β-unsaturated/α-hetero) is 2. The third-order valence-electron chi connectivity index (χ3n) is 9.52. The van der Waals surface area contributed by atoms with Crippen LogP contribution in [0, 0.1) is 18.8 Å². The highest BCUT2D eigenvalue weighted by atomic mass is 35.5. The summed E-state index contributed by atoms with van der Waals surface area (Å²) in [6.45, 7) is 2.40. The molecule has 256 valence electrons. The van der Waals surface area contributed by atoms with E-state index in [4.69, 9.17) is 28.3 Å². The molecule has 1 saturated carbocycles. The molecular weight excluding hydrogens is 665 g/mol. The predicted molar refractivity (Wildman–Crippen MR) is 196 cm³/mol. The van der Waals surface area contributed by atoms with Gasteiger partial charge in [-0.05, 0) is 91.7 Å². The third-order valence-corrected chi connectivity index (χ3v) is 11.7. The van der Waals surface area contributed by atoms with Gasteiger partial charge in [0.2, 0.25) is 5.91 Å². The summed E-state index contributed by atoms with van der Waals surface area (Å²) in [6, 6.07) is 11.4. The van der Waals surface area contributed by atoms with Gasteiger partial charge in [-0.25, -0.2) is 0 Å². The van der Waals surface area contributed by atoms with Crippen LogP contribution in [0.4, 0.5) is 0 Å². The molecule has 2 fully saturated rings. The van der Waals surface area contributed by atoms with E-state index in [-0.39, 0.29) is 18.2 Å². The molecule has 3 aromatic rings. The summed E-state index contributed by atoms with van der Waals surface area (Å²) in [4.78, 5) is 48.9. The topological polar surface area (TPSA) is 98.1 Å². The molecule has 1 saturated heterocycles. The van der Waals surface area contributed by atoms with Gasteiger partial charge >= 0.3 is 0 Å². The largest absolute Gasteiger partial charge is 0.349 e. The number of nitrogens with one attached hydrogen (secondary N) is 1. The van der Waals surface area contributed by atoms with Crippen LogP contribution in [0.5, 0.6) is 0 Å². The molecule has 0 radical (unpaired) electrons. The number of nitrogens with zero attached hydrogens (tertiary/aromatic N) is 2. The number of benzene rings is 2. The summed E-state index contributed by atoms with van der Waals surface area (Å²) in [7, 11) is 0. The van der Waals surface area contributed by atoms with Gasteiger partial charge in [-0.1, -0.05) is 60.7 Å². The zero-order valence-electron chi connectivity index (χ0n) is 27.6. The van der Waals surface area contributed by atoms with Crippen molar-refractivity contribution in [3.8, 4) is 0 Å². The van der Waals surface area contributed by atoms with Crippen molar-refractivity contribution in [2.75, 3.05) is 12.3 Å². The van der Waals surface area contributed by atoms with Crippen LogP contribution in [-0.2, 0) is 25.7 Å². The Morgan fingerprint density at radius 2 is 1.75 bits per heavy atom. The Morgan fingerprint density at radius 3 is 2.54 bits per heavy atom. The zero-order valence-corrected chi connectivity index (χ0v) is 30.0. The van der Waals surface area contributed by atoms with E-state index in [9.17, 15) is 19.2 Å². The summed E-state index contributed by atoms with van der Waals surface area (Å²) in [5.74, 6) is 2.72. The van der Waals surface area contributed by atoms with E-state index in [2.05, 4.69) is 11.4 Å². The lowest BCUT2D eigenvalue weighted by Gasteiger charge is -2.16. The van der Waals surface area contributed by atoms with Crippen LogP contribution in [-0.4, -0.2) is 50.6 Å². The highest BCUT2D eigenvalue weighted by Crippen LogP contribution is 2.47. The summed E-state index contributed by atoms with van der Waals surface area (Å²) in [5.41, 5.74) is 3.58. The first-order chi connectivity index (χ1) is 23.2. The number of hydrogen-bond acceptors (Lipinski definition) is 6. The molecule has 2 heterocycles. The van der Waals surface area contributed by atoms with Crippen LogP contribution in [0.25, 0.3) is 17.0 Å². The number of halogens is 2. The molecule has 1 aromatic heterocycles. The second-order valence-electron chi connectivity index (χ2n) is 13.3. The Bertz CT molecular complexity index is 1670. The Labute approximate surface area is 297 Å². The average molecular weight is 711 g/mol. The lowest BCUT2D eigenvalue weighted by molar-refractivity contribution is -0.123. The molecule has 3 atom stereocenters. The quantitative estimate of drug-likeness (QED) is 0.105. The summed E-state index contributed by atoms with van der Waals surface area (Å²) in [5, 5.41) is 10.1. The van der Waals surface area contributed by atoms with E-state index in [0.717, 1.165) is 85.6 Å². The summed E-state index contributed by atoms with van der Waals surface area (Å²) >= 11 is 14.5. The van der Waals surface area contributed by atoms with Crippen LogP contribution in [0.2, 0.25) is 10.0 Å². The highest BCUT2D eigenvalue weighted by Gasteiger charge is 2.42. The van der Waals surface area contributed by atoms with E-state index >= 15 is 0 Å². The van der Waals surface area contributed by atoms with Crippen LogP contribution in [0.3, 0.4) is 0 Å². The first-order valence-corrected chi connectivity index (χ1v) is 19.0. The van der Waals surface area contributed by atoms with Crippen molar-refractivity contribution in [2.24, 2.45) is 11.8 Å². The zero-order chi connectivity index (χ0) is 34.0. The first-order valence-electron chi connectivity index (χ1n) is 17.2. The lowest BCUT2D eigenvalue weighted by atomic mass is 9.92. The number of rotatable bonds is 18. The molecule has 1 N–H and O–H groups in total. The van der Waals surface area contributed by atoms with Gasteiger partial charge in [0, 0.05) is 52.8 Å². The van der Waals surface area contributed by atoms with Gasteiger partial charge in [-0.3, -0.25) is 23.9 Å². The van der Waals surface area contributed by atoms with Crippen molar-refractivity contribution in [3.63, 3.8) is 0 Å². The maximum Gasteiger partial charge on any atom is 0.220 e. The maximum atomic E-state index is 12.6. The Kier molecular flexibility index (Phi) is 13.4. The van der Waals surface area contributed by atoms with Gasteiger partial charge in [-0.2, -0.15) is 16.9 Å². The number of amides is 1. The summed E-state index contributed by atoms with van der Waals surface area (Å²) in [6.07, 6.45) is 12.8. The molecule has 5 rings (SSSR count). The molecule has 7 nitrogen and oxygen atoms in total. The van der Waals surface area contributed by atoms with Gasteiger partial charge in [0.1, 0.15) is 11.6 Å². The van der Waals surface area contributed by atoms with E-state index in [1.807, 2.05) is 41.6 Å². The minimum atomic E-state index is -0.211. The van der Waals surface area contributed by atoms with Crippen LogP contribution in [0.1, 0.15) is 93.9 Å².